The van der Waals surface area contributed by atoms with Gasteiger partial charge in [-0.05, 0) is 44.0 Å². The molecule has 1 aromatic heterocycles. The average molecular weight is 358 g/mol. The van der Waals surface area contributed by atoms with Gasteiger partial charge in [-0.25, -0.2) is 4.39 Å². The first-order valence-corrected chi connectivity index (χ1v) is 8.69. The van der Waals surface area contributed by atoms with Crippen LogP contribution in [0.4, 0.5) is 4.39 Å². The van der Waals surface area contributed by atoms with E-state index in [1.54, 1.807) is 18.3 Å². The minimum atomic E-state index is -0.341. The largest absolute Gasteiger partial charge is 0.392 e. The summed E-state index contributed by atoms with van der Waals surface area (Å²) in [6.45, 7) is 3.07. The molecule has 136 valence electrons. The van der Waals surface area contributed by atoms with E-state index < -0.39 is 0 Å². The molecule has 8 heteroatoms. The highest BCUT2D eigenvalue weighted by molar-refractivity contribution is 5.94. The van der Waals surface area contributed by atoms with Gasteiger partial charge in [0.05, 0.1) is 12.1 Å². The molecule has 1 amide bonds. The first-order chi connectivity index (χ1) is 12.6. The SMILES string of the molecule is CC1ON=CC1C(=O)N1CCC[C@H](c2nc(-c3ccc(F)cc3)no2)C1. The number of halogens is 1. The van der Waals surface area contributed by atoms with Crippen molar-refractivity contribution >= 4 is 12.1 Å². The number of piperidine rings is 1. The van der Waals surface area contributed by atoms with E-state index in [9.17, 15) is 9.18 Å². The smallest absolute Gasteiger partial charge is 0.235 e. The molecule has 2 aliphatic rings. The van der Waals surface area contributed by atoms with Crippen LogP contribution in [0.1, 0.15) is 31.6 Å². The fourth-order valence-corrected chi connectivity index (χ4v) is 3.35. The normalized spacial score (nSPS) is 25.3. The van der Waals surface area contributed by atoms with E-state index in [-0.39, 0.29) is 29.7 Å². The van der Waals surface area contributed by atoms with Crippen LogP contribution in [0.5, 0.6) is 0 Å². The van der Waals surface area contributed by atoms with Crippen LogP contribution in [0.25, 0.3) is 11.4 Å². The highest BCUT2D eigenvalue weighted by Crippen LogP contribution is 2.29. The number of nitrogens with zero attached hydrogens (tertiary/aromatic N) is 4. The number of likely N-dealkylation sites (tertiary alicyclic amines) is 1. The number of carbonyl (C=O) groups is 1. The summed E-state index contributed by atoms with van der Waals surface area (Å²) in [5.41, 5.74) is 0.693. The first kappa shape index (κ1) is 16.7. The second-order valence-electron chi connectivity index (χ2n) is 6.68. The summed E-state index contributed by atoms with van der Waals surface area (Å²) >= 11 is 0. The molecule has 7 nitrogen and oxygen atoms in total. The van der Waals surface area contributed by atoms with Gasteiger partial charge in [0.1, 0.15) is 17.8 Å². The van der Waals surface area contributed by atoms with Crippen molar-refractivity contribution in [1.29, 1.82) is 0 Å². The second-order valence-corrected chi connectivity index (χ2v) is 6.68. The molecule has 2 unspecified atom stereocenters. The maximum Gasteiger partial charge on any atom is 0.235 e. The summed E-state index contributed by atoms with van der Waals surface area (Å²) in [4.78, 5) is 24.1. The Morgan fingerprint density at radius 2 is 2.12 bits per heavy atom. The molecule has 3 heterocycles. The molecule has 3 atom stereocenters. The minimum absolute atomic E-state index is 0.0102. The Hall–Kier alpha value is -2.77. The molecular formula is C18H19FN4O3. The number of aromatic nitrogens is 2. The number of amides is 1. The zero-order chi connectivity index (χ0) is 18.1. The van der Waals surface area contributed by atoms with E-state index in [4.69, 9.17) is 9.36 Å². The van der Waals surface area contributed by atoms with Gasteiger partial charge in [0.25, 0.3) is 0 Å². The van der Waals surface area contributed by atoms with Crippen LogP contribution in [-0.4, -0.2) is 46.4 Å². The number of hydrogen-bond donors (Lipinski definition) is 0. The van der Waals surface area contributed by atoms with E-state index in [1.807, 2.05) is 11.8 Å². The summed E-state index contributed by atoms with van der Waals surface area (Å²) in [7, 11) is 0. The van der Waals surface area contributed by atoms with Gasteiger partial charge in [-0.1, -0.05) is 10.3 Å². The average Bonchev–Trinajstić information content (AvgIpc) is 3.31. The molecule has 26 heavy (non-hydrogen) atoms. The Balaban J connectivity index is 1.47. The topological polar surface area (TPSA) is 80.8 Å². The van der Waals surface area contributed by atoms with Crippen molar-refractivity contribution in [2.75, 3.05) is 13.1 Å². The lowest BCUT2D eigenvalue weighted by molar-refractivity contribution is -0.137. The first-order valence-electron chi connectivity index (χ1n) is 8.69. The lowest BCUT2D eigenvalue weighted by Crippen LogP contribution is -2.44. The number of carbonyl (C=O) groups excluding carboxylic acids is 1. The number of benzene rings is 1. The van der Waals surface area contributed by atoms with Crippen LogP contribution in [0.2, 0.25) is 0 Å². The summed E-state index contributed by atoms with van der Waals surface area (Å²) in [5, 5.41) is 7.74. The third-order valence-corrected chi connectivity index (χ3v) is 4.87. The van der Waals surface area contributed by atoms with E-state index >= 15 is 0 Å². The Morgan fingerprint density at radius 3 is 2.85 bits per heavy atom. The minimum Gasteiger partial charge on any atom is -0.392 e. The molecule has 4 rings (SSSR count). The Labute approximate surface area is 149 Å². The van der Waals surface area contributed by atoms with Gasteiger partial charge in [0, 0.05) is 18.7 Å². The number of oxime groups is 1. The molecule has 1 aromatic carbocycles. The third-order valence-electron chi connectivity index (χ3n) is 4.87. The van der Waals surface area contributed by atoms with Crippen LogP contribution in [0.3, 0.4) is 0 Å². The van der Waals surface area contributed by atoms with E-state index in [1.165, 1.54) is 12.1 Å². The molecule has 2 aromatic rings. The molecule has 0 saturated carbocycles. The van der Waals surface area contributed by atoms with Gasteiger partial charge in [0.2, 0.25) is 17.6 Å². The highest BCUT2D eigenvalue weighted by atomic mass is 19.1. The molecule has 1 saturated heterocycles. The predicted molar refractivity (Wildman–Crippen MR) is 90.8 cm³/mol. The van der Waals surface area contributed by atoms with E-state index in [2.05, 4.69) is 15.3 Å². The highest BCUT2D eigenvalue weighted by Gasteiger charge is 2.36. The van der Waals surface area contributed by atoms with Crippen LogP contribution in [-0.2, 0) is 9.63 Å². The zero-order valence-corrected chi connectivity index (χ0v) is 14.3. The molecule has 1 fully saturated rings. The molecule has 0 spiro atoms. The van der Waals surface area contributed by atoms with Crippen molar-refractivity contribution in [3.63, 3.8) is 0 Å². The van der Waals surface area contributed by atoms with Crippen molar-refractivity contribution in [1.82, 2.24) is 15.0 Å². The predicted octanol–water partition coefficient (Wildman–Crippen LogP) is 2.60. The molecule has 2 aliphatic heterocycles. The van der Waals surface area contributed by atoms with E-state index in [0.717, 1.165) is 12.8 Å². The quantitative estimate of drug-likeness (QED) is 0.842. The molecule has 0 bridgehead atoms. The van der Waals surface area contributed by atoms with Crippen LogP contribution in [0.15, 0.2) is 33.9 Å². The number of hydrogen-bond acceptors (Lipinski definition) is 6. The van der Waals surface area contributed by atoms with Gasteiger partial charge < -0.3 is 14.3 Å². The lowest BCUT2D eigenvalue weighted by atomic mass is 9.95. The van der Waals surface area contributed by atoms with Gasteiger partial charge >= 0.3 is 0 Å². The Bertz CT molecular complexity index is 820. The fraction of sp³-hybridized carbons (Fsp3) is 0.444. The Morgan fingerprint density at radius 1 is 1.31 bits per heavy atom. The van der Waals surface area contributed by atoms with Crippen molar-refractivity contribution in [3.8, 4) is 11.4 Å². The summed E-state index contributed by atoms with van der Waals surface area (Å²) < 4.78 is 18.5. The molecule has 0 aliphatic carbocycles. The molecule has 0 radical (unpaired) electrons. The lowest BCUT2D eigenvalue weighted by Gasteiger charge is -2.32. The standard InChI is InChI=1S/C18H19FN4O3/c1-11-15(9-20-25-11)18(24)23-8-2-3-13(10-23)17-21-16(22-26-17)12-4-6-14(19)7-5-12/h4-7,9,11,13,15H,2-3,8,10H2,1H3/t11?,13-,15?/m0/s1. The van der Waals surface area contributed by atoms with Gasteiger partial charge in [-0.2, -0.15) is 4.98 Å². The summed E-state index contributed by atoms with van der Waals surface area (Å²) in [6, 6.07) is 5.94. The van der Waals surface area contributed by atoms with Crippen LogP contribution in [0, 0.1) is 11.7 Å². The maximum absolute atomic E-state index is 13.1. The van der Waals surface area contributed by atoms with Crippen molar-refractivity contribution in [2.45, 2.75) is 31.8 Å². The monoisotopic (exact) mass is 358 g/mol. The molecular weight excluding hydrogens is 339 g/mol. The Kier molecular flexibility index (Phi) is 4.40. The fourth-order valence-electron chi connectivity index (χ4n) is 3.35. The van der Waals surface area contributed by atoms with Crippen LogP contribution < -0.4 is 0 Å². The zero-order valence-electron chi connectivity index (χ0n) is 14.3. The van der Waals surface area contributed by atoms with Crippen molar-refractivity contribution in [2.24, 2.45) is 11.1 Å². The van der Waals surface area contributed by atoms with Crippen LogP contribution >= 0.6 is 0 Å². The van der Waals surface area contributed by atoms with E-state index in [0.29, 0.717) is 30.4 Å². The summed E-state index contributed by atoms with van der Waals surface area (Å²) in [5.74, 6) is 0.282. The number of rotatable bonds is 3. The van der Waals surface area contributed by atoms with Crippen molar-refractivity contribution in [3.05, 3.63) is 36.0 Å². The molecule has 0 N–H and O–H groups in total. The van der Waals surface area contributed by atoms with Gasteiger partial charge in [0.15, 0.2) is 0 Å². The third kappa shape index (κ3) is 3.18. The van der Waals surface area contributed by atoms with Crippen molar-refractivity contribution < 1.29 is 18.5 Å². The maximum atomic E-state index is 13.1. The summed E-state index contributed by atoms with van der Waals surface area (Å²) in [6.07, 6.45) is 3.07. The second kappa shape index (κ2) is 6.86. The van der Waals surface area contributed by atoms with Gasteiger partial charge in [-0.3, -0.25) is 4.79 Å². The van der Waals surface area contributed by atoms with Gasteiger partial charge in [-0.15, -0.1) is 0 Å².